The van der Waals surface area contributed by atoms with Gasteiger partial charge in [0.05, 0.1) is 0 Å². The average molecular weight is 286 g/mol. The Kier molecular flexibility index (Phi) is 4.81. The maximum atomic E-state index is 13.1. The normalized spacial score (nSPS) is 14.2. The number of aromatic hydroxyl groups is 1. The van der Waals surface area contributed by atoms with Crippen LogP contribution in [-0.2, 0) is 4.57 Å². The number of phenols is 1. The lowest BCUT2D eigenvalue weighted by Gasteiger charge is -2.13. The van der Waals surface area contributed by atoms with Crippen LogP contribution in [0, 0.1) is 0 Å². The summed E-state index contributed by atoms with van der Waals surface area (Å²) in [7, 11) is -2.51. The van der Waals surface area contributed by atoms with E-state index in [0.29, 0.717) is 6.16 Å². The fourth-order valence-electron chi connectivity index (χ4n) is 2.14. The van der Waals surface area contributed by atoms with Gasteiger partial charge >= 0.3 is 0 Å². The summed E-state index contributed by atoms with van der Waals surface area (Å²) in [6.07, 6.45) is 3.37. The van der Waals surface area contributed by atoms with E-state index in [-0.39, 0.29) is 5.75 Å². The predicted molar refractivity (Wildman–Crippen MR) is 86.0 cm³/mol. The maximum absolute atomic E-state index is 13.1. The molecule has 0 aliphatic heterocycles. The first-order valence-corrected chi connectivity index (χ1v) is 8.73. The first-order valence-electron chi connectivity index (χ1n) is 6.77. The van der Waals surface area contributed by atoms with Gasteiger partial charge in [-0.05, 0) is 29.9 Å². The van der Waals surface area contributed by atoms with Crippen LogP contribution in [0.3, 0.4) is 0 Å². The molecule has 0 spiro atoms. The second-order valence-electron chi connectivity index (χ2n) is 4.77. The van der Waals surface area contributed by atoms with E-state index in [1.54, 1.807) is 24.0 Å². The zero-order chi connectivity index (χ0) is 14.4. The minimum Gasteiger partial charge on any atom is -0.508 e. The molecule has 2 aromatic rings. The van der Waals surface area contributed by atoms with Crippen LogP contribution >= 0.6 is 7.14 Å². The topological polar surface area (TPSA) is 37.3 Å². The Labute approximate surface area is 120 Å². The predicted octanol–water partition coefficient (Wildman–Crippen LogP) is 4.46. The Balaban J connectivity index is 2.32. The van der Waals surface area contributed by atoms with Crippen molar-refractivity contribution in [1.82, 2.24) is 0 Å². The first kappa shape index (κ1) is 14.6. The highest BCUT2D eigenvalue weighted by Crippen LogP contribution is 2.47. The molecule has 3 heteroatoms. The van der Waals surface area contributed by atoms with Crippen LogP contribution in [0.1, 0.15) is 18.9 Å². The third-order valence-corrected chi connectivity index (χ3v) is 6.04. The van der Waals surface area contributed by atoms with Gasteiger partial charge in [-0.25, -0.2) is 0 Å². The summed E-state index contributed by atoms with van der Waals surface area (Å²) in [4.78, 5) is 0. The lowest BCUT2D eigenvalue weighted by Crippen LogP contribution is -2.04. The van der Waals surface area contributed by atoms with Crippen molar-refractivity contribution >= 4 is 18.5 Å². The number of rotatable bonds is 5. The molecule has 0 aliphatic rings. The highest BCUT2D eigenvalue weighted by Gasteiger charge is 2.19. The summed E-state index contributed by atoms with van der Waals surface area (Å²) >= 11 is 0. The van der Waals surface area contributed by atoms with Gasteiger partial charge in [-0.1, -0.05) is 55.5 Å². The first-order chi connectivity index (χ1) is 9.64. The van der Waals surface area contributed by atoms with Crippen LogP contribution in [0.15, 0.2) is 60.4 Å². The molecule has 0 amide bonds. The van der Waals surface area contributed by atoms with Gasteiger partial charge < -0.3 is 9.67 Å². The van der Waals surface area contributed by atoms with Crippen molar-refractivity contribution in [2.45, 2.75) is 13.3 Å². The van der Waals surface area contributed by atoms with E-state index in [1.165, 1.54) is 0 Å². The molecule has 2 nitrogen and oxygen atoms in total. The van der Waals surface area contributed by atoms with Gasteiger partial charge in [0.25, 0.3) is 0 Å². The van der Waals surface area contributed by atoms with Gasteiger partial charge in [-0.2, -0.15) is 0 Å². The molecule has 0 unspecified atom stereocenters. The van der Waals surface area contributed by atoms with Crippen molar-refractivity contribution in [2.75, 3.05) is 6.16 Å². The standard InChI is InChI=1S/C17H19O2P/c1-2-12-20(19,17-9-4-3-5-10-17)13-11-15-7-6-8-16(18)14-15/h3-11,13-14,18H,2,12H2,1H3/b13-11+/t20-/m0/s1. The Morgan fingerprint density at radius 1 is 1.10 bits per heavy atom. The molecule has 2 rings (SSSR count). The molecule has 104 valence electrons. The van der Waals surface area contributed by atoms with Gasteiger partial charge in [0, 0.05) is 11.5 Å². The third kappa shape index (κ3) is 3.61. The molecule has 1 N–H and O–H groups in total. The third-order valence-electron chi connectivity index (χ3n) is 3.13. The number of phenolic OH excluding ortho intramolecular Hbond substituents is 1. The molecule has 1 atom stereocenters. The molecule has 0 bridgehead atoms. The number of hydrogen-bond donors (Lipinski definition) is 1. The summed E-state index contributed by atoms with van der Waals surface area (Å²) < 4.78 is 13.1. The largest absolute Gasteiger partial charge is 0.508 e. The van der Waals surface area contributed by atoms with E-state index in [4.69, 9.17) is 0 Å². The molecule has 0 aliphatic carbocycles. The minimum atomic E-state index is -2.51. The van der Waals surface area contributed by atoms with Crippen LogP contribution in [-0.4, -0.2) is 11.3 Å². The van der Waals surface area contributed by atoms with Gasteiger partial charge in [-0.15, -0.1) is 0 Å². The van der Waals surface area contributed by atoms with E-state index in [1.807, 2.05) is 49.4 Å². The quantitative estimate of drug-likeness (QED) is 0.824. The molecule has 0 saturated carbocycles. The molecule has 0 heterocycles. The summed E-state index contributed by atoms with van der Waals surface area (Å²) in [5.41, 5.74) is 0.859. The maximum Gasteiger partial charge on any atom is 0.136 e. The van der Waals surface area contributed by atoms with Crippen LogP contribution in [0.5, 0.6) is 5.75 Å². The molecule has 20 heavy (non-hydrogen) atoms. The SMILES string of the molecule is CCC[P@](=O)(/C=C/c1cccc(O)c1)c1ccccc1. The highest BCUT2D eigenvalue weighted by atomic mass is 31.2. The second-order valence-corrected chi connectivity index (χ2v) is 7.62. The second kappa shape index (κ2) is 6.58. The molecule has 0 saturated heterocycles. The van der Waals surface area contributed by atoms with Crippen LogP contribution in [0.4, 0.5) is 0 Å². The fourth-order valence-corrected chi connectivity index (χ4v) is 4.47. The van der Waals surface area contributed by atoms with Crippen LogP contribution in [0.2, 0.25) is 0 Å². The van der Waals surface area contributed by atoms with Crippen molar-refractivity contribution in [2.24, 2.45) is 0 Å². The molecular weight excluding hydrogens is 267 g/mol. The van der Waals surface area contributed by atoms with Crippen molar-refractivity contribution in [1.29, 1.82) is 0 Å². The molecule has 0 aromatic heterocycles. The minimum absolute atomic E-state index is 0.220. The van der Waals surface area contributed by atoms with Crippen molar-refractivity contribution < 1.29 is 9.67 Å². The Bertz CT molecular complexity index is 632. The zero-order valence-corrected chi connectivity index (χ0v) is 12.5. The van der Waals surface area contributed by atoms with E-state index in [2.05, 4.69) is 0 Å². The highest BCUT2D eigenvalue weighted by molar-refractivity contribution is 7.74. The summed E-state index contributed by atoms with van der Waals surface area (Å²) in [5, 5.41) is 10.3. The smallest absolute Gasteiger partial charge is 0.136 e. The summed E-state index contributed by atoms with van der Waals surface area (Å²) in [6, 6.07) is 16.6. The molecule has 0 radical (unpaired) electrons. The van der Waals surface area contributed by atoms with Gasteiger partial charge in [0.1, 0.15) is 12.9 Å². The van der Waals surface area contributed by atoms with Crippen molar-refractivity contribution in [3.8, 4) is 5.75 Å². The van der Waals surface area contributed by atoms with E-state index < -0.39 is 7.14 Å². The van der Waals surface area contributed by atoms with E-state index in [0.717, 1.165) is 17.3 Å². The average Bonchev–Trinajstić information content (AvgIpc) is 2.47. The summed E-state index contributed by atoms with van der Waals surface area (Å²) in [6.45, 7) is 2.04. The lowest BCUT2D eigenvalue weighted by atomic mass is 10.2. The summed E-state index contributed by atoms with van der Waals surface area (Å²) in [5.74, 6) is 2.03. The Morgan fingerprint density at radius 2 is 1.85 bits per heavy atom. The van der Waals surface area contributed by atoms with Crippen LogP contribution in [0.25, 0.3) is 6.08 Å². The fraction of sp³-hybridized carbons (Fsp3) is 0.176. The number of hydrogen-bond acceptors (Lipinski definition) is 2. The lowest BCUT2D eigenvalue weighted by molar-refractivity contribution is 0.475. The van der Waals surface area contributed by atoms with Crippen molar-refractivity contribution in [3.05, 3.63) is 66.0 Å². The van der Waals surface area contributed by atoms with Gasteiger partial charge in [-0.3, -0.25) is 0 Å². The van der Waals surface area contributed by atoms with Gasteiger partial charge in [0.15, 0.2) is 0 Å². The molecule has 0 fully saturated rings. The molecule has 2 aromatic carbocycles. The van der Waals surface area contributed by atoms with Crippen LogP contribution < -0.4 is 5.30 Å². The molecular formula is C17H19O2P. The van der Waals surface area contributed by atoms with Gasteiger partial charge in [0.2, 0.25) is 0 Å². The Hall–Kier alpha value is -1.79. The van der Waals surface area contributed by atoms with E-state index in [9.17, 15) is 9.67 Å². The van der Waals surface area contributed by atoms with E-state index >= 15 is 0 Å². The Morgan fingerprint density at radius 3 is 2.50 bits per heavy atom. The van der Waals surface area contributed by atoms with Crippen molar-refractivity contribution in [3.63, 3.8) is 0 Å². The number of benzene rings is 2. The zero-order valence-electron chi connectivity index (χ0n) is 11.6. The monoisotopic (exact) mass is 286 g/mol.